The Labute approximate surface area is 118 Å². The first-order chi connectivity index (χ1) is 9.76. The predicted octanol–water partition coefficient (Wildman–Crippen LogP) is 2.76. The topological polar surface area (TPSA) is 59.1 Å². The van der Waals surface area contributed by atoms with E-state index in [0.29, 0.717) is 0 Å². The van der Waals surface area contributed by atoms with Crippen molar-refractivity contribution in [1.82, 2.24) is 9.97 Å². The molecule has 2 aromatic rings. The molecule has 5 nitrogen and oxygen atoms in total. The van der Waals surface area contributed by atoms with Crippen LogP contribution >= 0.6 is 0 Å². The number of ether oxygens (including phenoxy) is 1. The molecule has 0 aliphatic carbocycles. The number of aromatic nitrogens is 2. The Morgan fingerprint density at radius 3 is 2.85 bits per heavy atom. The number of para-hydroxylation sites is 1. The summed E-state index contributed by atoms with van der Waals surface area (Å²) in [7, 11) is 1.86. The van der Waals surface area contributed by atoms with Crippen molar-refractivity contribution in [2.45, 2.75) is 19.4 Å². The summed E-state index contributed by atoms with van der Waals surface area (Å²) < 4.78 is 5.67. The van der Waals surface area contributed by atoms with Crippen LogP contribution in [0.1, 0.15) is 23.9 Å². The summed E-state index contributed by atoms with van der Waals surface area (Å²) in [6, 6.07) is 10.3. The molecule has 2 heterocycles. The van der Waals surface area contributed by atoms with Crippen LogP contribution in [0.2, 0.25) is 0 Å². The molecular weight excluding hydrogens is 252 g/mol. The smallest absolute Gasteiger partial charge is 0.132 e. The highest BCUT2D eigenvalue weighted by Crippen LogP contribution is 2.33. The van der Waals surface area contributed by atoms with Gasteiger partial charge < -0.3 is 15.4 Å². The number of aryl methyl sites for hydroxylation is 1. The van der Waals surface area contributed by atoms with E-state index in [2.05, 4.69) is 26.7 Å². The second-order valence-electron chi connectivity index (χ2n) is 4.81. The van der Waals surface area contributed by atoms with E-state index in [9.17, 15) is 0 Å². The van der Waals surface area contributed by atoms with Crippen molar-refractivity contribution >= 4 is 11.6 Å². The summed E-state index contributed by atoms with van der Waals surface area (Å²) >= 11 is 0. The van der Waals surface area contributed by atoms with Crippen LogP contribution in [0, 0.1) is 6.92 Å². The first-order valence-corrected chi connectivity index (χ1v) is 6.78. The number of fused-ring (bicyclic) bond motifs is 1. The Morgan fingerprint density at radius 2 is 2.00 bits per heavy atom. The molecule has 0 amide bonds. The molecule has 1 unspecified atom stereocenters. The van der Waals surface area contributed by atoms with Crippen molar-refractivity contribution in [1.29, 1.82) is 0 Å². The van der Waals surface area contributed by atoms with E-state index < -0.39 is 0 Å². The lowest BCUT2D eigenvalue weighted by atomic mass is 10.0. The number of nitrogens with zero attached hydrogens (tertiary/aromatic N) is 2. The highest BCUT2D eigenvalue weighted by molar-refractivity contribution is 5.50. The van der Waals surface area contributed by atoms with Crippen LogP contribution in [0.5, 0.6) is 5.75 Å². The van der Waals surface area contributed by atoms with Gasteiger partial charge in [-0.05, 0) is 13.0 Å². The Balaban J connectivity index is 1.87. The van der Waals surface area contributed by atoms with Gasteiger partial charge in [0.05, 0.1) is 12.6 Å². The van der Waals surface area contributed by atoms with Crippen LogP contribution < -0.4 is 15.4 Å². The highest BCUT2D eigenvalue weighted by atomic mass is 16.5. The molecular formula is C15H18N4O. The van der Waals surface area contributed by atoms with Gasteiger partial charge in [0.1, 0.15) is 23.2 Å². The molecule has 1 aromatic heterocycles. The lowest BCUT2D eigenvalue weighted by Gasteiger charge is -2.27. The van der Waals surface area contributed by atoms with Gasteiger partial charge in [0.25, 0.3) is 0 Å². The highest BCUT2D eigenvalue weighted by Gasteiger charge is 2.21. The molecule has 2 N–H and O–H groups in total. The summed E-state index contributed by atoms with van der Waals surface area (Å²) in [6.45, 7) is 2.61. The van der Waals surface area contributed by atoms with E-state index in [0.717, 1.165) is 36.2 Å². The SMILES string of the molecule is CNc1cc(NC2CCOc3ccccc32)nc(C)n1. The second kappa shape index (κ2) is 5.36. The van der Waals surface area contributed by atoms with Crippen LogP contribution in [-0.4, -0.2) is 23.6 Å². The largest absolute Gasteiger partial charge is 0.493 e. The molecule has 1 aliphatic rings. The van der Waals surface area contributed by atoms with E-state index in [1.54, 1.807) is 0 Å². The lowest BCUT2D eigenvalue weighted by molar-refractivity contribution is 0.274. The van der Waals surface area contributed by atoms with E-state index in [1.807, 2.05) is 38.2 Å². The summed E-state index contributed by atoms with van der Waals surface area (Å²) in [6.07, 6.45) is 0.926. The Morgan fingerprint density at radius 1 is 1.20 bits per heavy atom. The zero-order valence-electron chi connectivity index (χ0n) is 11.7. The maximum Gasteiger partial charge on any atom is 0.132 e. The number of hydrogen-bond donors (Lipinski definition) is 2. The van der Waals surface area contributed by atoms with Crippen molar-refractivity contribution in [3.05, 3.63) is 41.7 Å². The molecule has 0 saturated heterocycles. The average Bonchev–Trinajstić information content (AvgIpc) is 2.47. The van der Waals surface area contributed by atoms with Crippen molar-refractivity contribution < 1.29 is 4.74 Å². The van der Waals surface area contributed by atoms with Gasteiger partial charge >= 0.3 is 0 Å². The third-order valence-corrected chi connectivity index (χ3v) is 3.37. The van der Waals surface area contributed by atoms with Crippen molar-refractivity contribution in [3.8, 4) is 5.75 Å². The fraction of sp³-hybridized carbons (Fsp3) is 0.333. The van der Waals surface area contributed by atoms with Crippen molar-refractivity contribution in [2.24, 2.45) is 0 Å². The van der Waals surface area contributed by atoms with Crippen LogP contribution in [-0.2, 0) is 0 Å². The van der Waals surface area contributed by atoms with Crippen LogP contribution in [0.15, 0.2) is 30.3 Å². The summed E-state index contributed by atoms with van der Waals surface area (Å²) in [5.74, 6) is 3.36. The van der Waals surface area contributed by atoms with Gasteiger partial charge in [-0.2, -0.15) is 0 Å². The minimum absolute atomic E-state index is 0.221. The molecule has 3 rings (SSSR count). The van der Waals surface area contributed by atoms with Gasteiger partial charge in [0.15, 0.2) is 0 Å². The Bertz CT molecular complexity index is 615. The third-order valence-electron chi connectivity index (χ3n) is 3.37. The quantitative estimate of drug-likeness (QED) is 0.898. The first-order valence-electron chi connectivity index (χ1n) is 6.78. The molecule has 1 aromatic carbocycles. The van der Waals surface area contributed by atoms with Crippen LogP contribution in [0.25, 0.3) is 0 Å². The molecule has 104 valence electrons. The molecule has 0 bridgehead atoms. The number of benzene rings is 1. The van der Waals surface area contributed by atoms with Gasteiger partial charge in [0, 0.05) is 25.1 Å². The van der Waals surface area contributed by atoms with Gasteiger partial charge in [0.2, 0.25) is 0 Å². The fourth-order valence-electron chi connectivity index (χ4n) is 2.44. The van der Waals surface area contributed by atoms with Crippen LogP contribution in [0.4, 0.5) is 11.6 Å². The second-order valence-corrected chi connectivity index (χ2v) is 4.81. The molecule has 20 heavy (non-hydrogen) atoms. The van der Waals surface area contributed by atoms with Gasteiger partial charge in [-0.25, -0.2) is 9.97 Å². The molecule has 0 fully saturated rings. The summed E-state index contributed by atoms with van der Waals surface area (Å²) in [5, 5.41) is 6.53. The maximum absolute atomic E-state index is 5.67. The number of anilines is 2. The molecule has 0 spiro atoms. The molecule has 1 aliphatic heterocycles. The van der Waals surface area contributed by atoms with Crippen molar-refractivity contribution in [2.75, 3.05) is 24.3 Å². The van der Waals surface area contributed by atoms with E-state index >= 15 is 0 Å². The van der Waals surface area contributed by atoms with Gasteiger partial charge in [-0.1, -0.05) is 18.2 Å². The van der Waals surface area contributed by atoms with Crippen LogP contribution in [0.3, 0.4) is 0 Å². The molecule has 1 atom stereocenters. The average molecular weight is 270 g/mol. The Kier molecular flexibility index (Phi) is 3.41. The zero-order valence-corrected chi connectivity index (χ0v) is 11.7. The van der Waals surface area contributed by atoms with Crippen molar-refractivity contribution in [3.63, 3.8) is 0 Å². The standard InChI is InChI=1S/C15H18N4O/c1-10-17-14(16-2)9-15(18-10)19-12-7-8-20-13-6-4-3-5-11(12)13/h3-6,9,12H,7-8H2,1-2H3,(H2,16,17,18,19). The minimum atomic E-state index is 0.221. The van der Waals surface area contributed by atoms with E-state index in [1.165, 1.54) is 5.56 Å². The van der Waals surface area contributed by atoms with E-state index in [-0.39, 0.29) is 6.04 Å². The predicted molar refractivity (Wildman–Crippen MR) is 79.2 cm³/mol. The maximum atomic E-state index is 5.67. The molecule has 0 radical (unpaired) electrons. The number of nitrogens with one attached hydrogen (secondary N) is 2. The van der Waals surface area contributed by atoms with E-state index in [4.69, 9.17) is 4.74 Å². The first kappa shape index (κ1) is 12.7. The third kappa shape index (κ3) is 2.52. The fourth-order valence-corrected chi connectivity index (χ4v) is 2.44. The number of hydrogen-bond acceptors (Lipinski definition) is 5. The number of rotatable bonds is 3. The molecule has 0 saturated carbocycles. The lowest BCUT2D eigenvalue weighted by Crippen LogP contribution is -2.21. The summed E-state index contributed by atoms with van der Waals surface area (Å²) in [4.78, 5) is 8.75. The summed E-state index contributed by atoms with van der Waals surface area (Å²) in [5.41, 5.74) is 1.18. The Hall–Kier alpha value is -2.30. The zero-order chi connectivity index (χ0) is 13.9. The monoisotopic (exact) mass is 270 g/mol. The van der Waals surface area contributed by atoms with Gasteiger partial charge in [-0.3, -0.25) is 0 Å². The minimum Gasteiger partial charge on any atom is -0.493 e. The normalized spacial score (nSPS) is 17.0. The molecule has 5 heteroatoms. The van der Waals surface area contributed by atoms with Gasteiger partial charge in [-0.15, -0.1) is 0 Å².